The minimum absolute atomic E-state index is 0. The molecule has 3 rings (SSSR count). The van der Waals surface area contributed by atoms with Crippen molar-refractivity contribution in [2.24, 2.45) is 0 Å². The molecule has 4 N–H and O–H groups in total. The van der Waals surface area contributed by atoms with Crippen LogP contribution in [-0.4, -0.2) is 81.1 Å². The van der Waals surface area contributed by atoms with E-state index in [0.29, 0.717) is 55.9 Å². The molecule has 3 saturated heterocycles. The van der Waals surface area contributed by atoms with Crippen molar-refractivity contribution in [3.63, 3.8) is 0 Å². The van der Waals surface area contributed by atoms with E-state index in [0.717, 1.165) is 135 Å². The van der Waals surface area contributed by atoms with Gasteiger partial charge in [0, 0.05) is 47.1 Å². The first-order valence-corrected chi connectivity index (χ1v) is 26.6. The number of epoxide rings is 3. The van der Waals surface area contributed by atoms with Gasteiger partial charge in [-0.05, 0) is 129 Å². The zero-order valence-electron chi connectivity index (χ0n) is 43.4. The van der Waals surface area contributed by atoms with E-state index in [1.165, 1.54) is 38.5 Å². The third kappa shape index (κ3) is 51.3. The SMILES string of the molecule is CC(C)O.CCC=CCC1OC1CC=CCCCCCCCC(=O)O.CCC=CCC1OC1CC=CCCCCCCCC(=O)O.CCC=CCC1OC1CC=CCCCCCCCC(=O)O.[Ti]. The summed E-state index contributed by atoms with van der Waals surface area (Å²) < 4.78 is 16.8. The monoisotopic (exact) mass is 991 g/mol. The number of allylic oxidation sites excluding steroid dienone is 6. The van der Waals surface area contributed by atoms with Gasteiger partial charge >= 0.3 is 17.9 Å². The number of rotatable bonds is 39. The van der Waals surface area contributed by atoms with Crippen LogP contribution in [0.5, 0.6) is 0 Å². The summed E-state index contributed by atoms with van der Waals surface area (Å²) in [6.45, 7) is 9.89. The Labute approximate surface area is 429 Å². The third-order valence-electron chi connectivity index (χ3n) is 11.3. The van der Waals surface area contributed by atoms with Crippen LogP contribution in [0.4, 0.5) is 0 Å². The predicted molar refractivity (Wildman–Crippen MR) is 277 cm³/mol. The molecule has 11 heteroatoms. The predicted octanol–water partition coefficient (Wildman–Crippen LogP) is 15.0. The number of hydrogen-bond acceptors (Lipinski definition) is 7. The van der Waals surface area contributed by atoms with Gasteiger partial charge in [0.2, 0.25) is 0 Å². The van der Waals surface area contributed by atoms with Crippen LogP contribution in [0.2, 0.25) is 0 Å². The van der Waals surface area contributed by atoms with E-state index >= 15 is 0 Å². The Morgan fingerprint density at radius 1 is 0.368 bits per heavy atom. The molecule has 3 aliphatic heterocycles. The fraction of sp³-hybridized carbons (Fsp3) is 0.737. The zero-order valence-corrected chi connectivity index (χ0v) is 45.0. The molecule has 10 nitrogen and oxygen atoms in total. The molecule has 0 amide bonds. The molecule has 0 aromatic carbocycles. The standard InChI is InChI=1S/3C18H30O3.C3H8O.Ti/c3*1-2-3-10-13-16-17(21-16)14-11-8-6-4-5-7-9-12-15-18(19)20;1-3(2)4;/h3*3,8,10-11,16-17H,2,4-7,9,12-15H2,1H3,(H,19,20);3-4H,1-2H3;. The van der Waals surface area contributed by atoms with E-state index in [4.69, 9.17) is 34.6 Å². The maximum Gasteiger partial charge on any atom is 0.303 e. The summed E-state index contributed by atoms with van der Waals surface area (Å²) in [5.74, 6) is -2.03. The van der Waals surface area contributed by atoms with Crippen molar-refractivity contribution in [1.82, 2.24) is 0 Å². The van der Waals surface area contributed by atoms with Gasteiger partial charge in [-0.1, -0.05) is 151 Å². The summed E-state index contributed by atoms with van der Waals surface area (Å²) in [6.07, 6.45) is 59.5. The number of unbranched alkanes of at least 4 members (excludes halogenated alkanes) is 15. The number of hydrogen-bond donors (Lipinski definition) is 4. The average Bonchev–Trinajstić information content (AvgIpc) is 4.22. The second-order valence-corrected chi connectivity index (χ2v) is 18.3. The van der Waals surface area contributed by atoms with Gasteiger partial charge in [0.1, 0.15) is 0 Å². The molecular formula is C57H98O10Ti. The smallest absolute Gasteiger partial charge is 0.303 e. The van der Waals surface area contributed by atoms with Gasteiger partial charge < -0.3 is 34.6 Å². The molecule has 3 fully saturated rings. The Balaban J connectivity index is 0. The van der Waals surface area contributed by atoms with Crippen LogP contribution in [0.15, 0.2) is 72.9 Å². The quantitative estimate of drug-likeness (QED) is 0.0201. The van der Waals surface area contributed by atoms with Crippen LogP contribution >= 0.6 is 0 Å². The third-order valence-corrected chi connectivity index (χ3v) is 11.3. The second-order valence-electron chi connectivity index (χ2n) is 18.3. The maximum absolute atomic E-state index is 10.3. The van der Waals surface area contributed by atoms with Crippen LogP contribution in [-0.2, 0) is 50.3 Å². The van der Waals surface area contributed by atoms with Crippen LogP contribution in [0.25, 0.3) is 0 Å². The molecule has 0 aromatic heterocycles. The second kappa shape index (κ2) is 49.4. The molecule has 0 aromatic rings. The van der Waals surface area contributed by atoms with Crippen molar-refractivity contribution < 1.29 is 70.7 Å². The van der Waals surface area contributed by atoms with Crippen LogP contribution in [0.1, 0.15) is 227 Å². The minimum atomic E-state index is -0.677. The topological polar surface area (TPSA) is 170 Å². The molecule has 6 unspecified atom stereocenters. The summed E-state index contributed by atoms with van der Waals surface area (Å²) in [5, 5.41) is 33.6. The van der Waals surface area contributed by atoms with E-state index in [1.807, 2.05) is 0 Å². The Morgan fingerprint density at radius 2 is 0.559 bits per heavy atom. The van der Waals surface area contributed by atoms with Crippen LogP contribution < -0.4 is 0 Å². The number of aliphatic hydroxyl groups excluding tert-OH is 1. The van der Waals surface area contributed by atoms with E-state index in [-0.39, 0.29) is 27.8 Å². The van der Waals surface area contributed by atoms with Crippen molar-refractivity contribution in [1.29, 1.82) is 0 Å². The Bertz CT molecular complexity index is 1210. The molecule has 68 heavy (non-hydrogen) atoms. The molecule has 0 radical (unpaired) electrons. The molecule has 0 spiro atoms. The fourth-order valence-corrected chi connectivity index (χ4v) is 7.22. The molecule has 390 valence electrons. The molecular weight excluding hydrogens is 892 g/mol. The molecule has 6 atom stereocenters. The molecule has 0 saturated carbocycles. The summed E-state index contributed by atoms with van der Waals surface area (Å²) in [6, 6.07) is 0. The fourth-order valence-electron chi connectivity index (χ4n) is 7.22. The Kier molecular flexibility index (Phi) is 49.0. The van der Waals surface area contributed by atoms with Gasteiger partial charge in [-0.25, -0.2) is 0 Å². The average molecular weight is 991 g/mol. The first-order chi connectivity index (χ1) is 32.4. The van der Waals surface area contributed by atoms with Crippen LogP contribution in [0.3, 0.4) is 0 Å². The van der Waals surface area contributed by atoms with Gasteiger partial charge in [0.15, 0.2) is 0 Å². The van der Waals surface area contributed by atoms with E-state index < -0.39 is 17.9 Å². The van der Waals surface area contributed by atoms with Crippen molar-refractivity contribution in [2.75, 3.05) is 0 Å². The molecule has 0 aliphatic carbocycles. The number of carbonyl (C=O) groups is 3. The van der Waals surface area contributed by atoms with Gasteiger partial charge in [-0.3, -0.25) is 14.4 Å². The Hall–Kier alpha value is -2.60. The zero-order chi connectivity index (χ0) is 49.6. The van der Waals surface area contributed by atoms with Gasteiger partial charge in [-0.2, -0.15) is 0 Å². The van der Waals surface area contributed by atoms with Crippen molar-refractivity contribution >= 4 is 17.9 Å². The van der Waals surface area contributed by atoms with Crippen LogP contribution in [0, 0.1) is 0 Å². The van der Waals surface area contributed by atoms with E-state index in [9.17, 15) is 14.4 Å². The number of carboxylic acids is 3. The van der Waals surface area contributed by atoms with Gasteiger partial charge in [0.25, 0.3) is 0 Å². The van der Waals surface area contributed by atoms with Gasteiger partial charge in [-0.15, -0.1) is 0 Å². The molecule has 0 bridgehead atoms. The molecule has 3 aliphatic rings. The number of ether oxygens (including phenoxy) is 3. The maximum atomic E-state index is 10.3. The Morgan fingerprint density at radius 3 is 0.765 bits per heavy atom. The van der Waals surface area contributed by atoms with Crippen molar-refractivity contribution in [3.05, 3.63) is 72.9 Å². The normalized spacial score (nSPS) is 20.3. The van der Waals surface area contributed by atoms with E-state index in [1.54, 1.807) is 13.8 Å². The van der Waals surface area contributed by atoms with Gasteiger partial charge in [0.05, 0.1) is 36.6 Å². The largest absolute Gasteiger partial charge is 0.481 e. The number of aliphatic carboxylic acids is 3. The number of carboxylic acid groups (broad SMARTS) is 3. The summed E-state index contributed by atoms with van der Waals surface area (Å²) in [7, 11) is 0. The summed E-state index contributed by atoms with van der Waals surface area (Å²) >= 11 is 0. The summed E-state index contributed by atoms with van der Waals surface area (Å²) in [5.41, 5.74) is 0. The number of aliphatic hydroxyl groups is 1. The first kappa shape index (κ1) is 67.5. The first-order valence-electron chi connectivity index (χ1n) is 26.6. The molecule has 3 heterocycles. The van der Waals surface area contributed by atoms with Crippen molar-refractivity contribution in [3.8, 4) is 0 Å². The van der Waals surface area contributed by atoms with Crippen molar-refractivity contribution in [2.45, 2.75) is 270 Å². The minimum Gasteiger partial charge on any atom is -0.481 e. The van der Waals surface area contributed by atoms with E-state index in [2.05, 4.69) is 93.7 Å². The summed E-state index contributed by atoms with van der Waals surface area (Å²) in [4.78, 5) is 31.0.